The first-order valence-corrected chi connectivity index (χ1v) is 8.92. The van der Waals surface area contributed by atoms with E-state index in [1.807, 2.05) is 6.92 Å². The summed E-state index contributed by atoms with van der Waals surface area (Å²) in [4.78, 5) is 17.0. The number of aryl methyl sites for hydroxylation is 1. The fraction of sp³-hybridized carbons (Fsp3) is 0.800. The van der Waals surface area contributed by atoms with E-state index in [2.05, 4.69) is 20.0 Å². The molecule has 1 amide bonds. The van der Waals surface area contributed by atoms with Crippen LogP contribution in [0.15, 0.2) is 0 Å². The number of carbonyl (C=O) groups is 1. The van der Waals surface area contributed by atoms with E-state index >= 15 is 0 Å². The minimum Gasteiger partial charge on any atom is -0.381 e. The molecule has 6 nitrogen and oxygen atoms in total. The SMILES string of the molecule is Cc1nnc(CN2CCCN(C(=O)C3CCOCC3)CC2)s1. The highest BCUT2D eigenvalue weighted by molar-refractivity contribution is 7.11. The largest absolute Gasteiger partial charge is 0.381 e. The first kappa shape index (κ1) is 15.8. The number of hydrogen-bond donors (Lipinski definition) is 0. The van der Waals surface area contributed by atoms with Crippen molar-refractivity contribution in [2.75, 3.05) is 39.4 Å². The summed E-state index contributed by atoms with van der Waals surface area (Å²) in [5.74, 6) is 0.503. The van der Waals surface area contributed by atoms with Crippen molar-refractivity contribution in [3.8, 4) is 0 Å². The maximum atomic E-state index is 12.6. The van der Waals surface area contributed by atoms with Crippen molar-refractivity contribution in [1.82, 2.24) is 20.0 Å². The zero-order valence-electron chi connectivity index (χ0n) is 13.2. The zero-order valence-corrected chi connectivity index (χ0v) is 14.0. The molecular formula is C15H24N4O2S. The Labute approximate surface area is 135 Å². The summed E-state index contributed by atoms with van der Waals surface area (Å²) in [6.45, 7) is 7.95. The van der Waals surface area contributed by atoms with E-state index in [0.29, 0.717) is 5.91 Å². The number of ether oxygens (including phenoxy) is 1. The number of rotatable bonds is 3. The molecule has 0 spiro atoms. The van der Waals surface area contributed by atoms with Crippen LogP contribution in [0, 0.1) is 12.8 Å². The van der Waals surface area contributed by atoms with Crippen LogP contribution in [-0.2, 0) is 16.1 Å². The molecule has 0 radical (unpaired) electrons. The zero-order chi connectivity index (χ0) is 15.4. The second kappa shape index (κ2) is 7.48. The van der Waals surface area contributed by atoms with Crippen LogP contribution >= 0.6 is 11.3 Å². The van der Waals surface area contributed by atoms with Crippen molar-refractivity contribution < 1.29 is 9.53 Å². The maximum absolute atomic E-state index is 12.6. The highest BCUT2D eigenvalue weighted by atomic mass is 32.1. The van der Waals surface area contributed by atoms with E-state index in [-0.39, 0.29) is 5.92 Å². The van der Waals surface area contributed by atoms with Gasteiger partial charge >= 0.3 is 0 Å². The second-order valence-corrected chi connectivity index (χ2v) is 7.32. The average Bonchev–Trinajstić information content (AvgIpc) is 2.81. The third-order valence-corrected chi connectivity index (χ3v) is 5.22. The summed E-state index contributed by atoms with van der Waals surface area (Å²) in [6.07, 6.45) is 2.79. The fourth-order valence-electron chi connectivity index (χ4n) is 3.14. The Bertz CT molecular complexity index is 501. The molecule has 3 heterocycles. The van der Waals surface area contributed by atoms with Crippen LogP contribution in [0.3, 0.4) is 0 Å². The Hall–Kier alpha value is -1.05. The van der Waals surface area contributed by atoms with Crippen LogP contribution in [-0.4, -0.2) is 65.3 Å². The van der Waals surface area contributed by atoms with Gasteiger partial charge in [-0.3, -0.25) is 9.69 Å². The van der Waals surface area contributed by atoms with Gasteiger partial charge in [-0.05, 0) is 26.2 Å². The third kappa shape index (κ3) is 4.02. The molecule has 2 fully saturated rings. The van der Waals surface area contributed by atoms with Gasteiger partial charge in [0.05, 0.1) is 6.54 Å². The van der Waals surface area contributed by atoms with Crippen LogP contribution in [0.25, 0.3) is 0 Å². The highest BCUT2D eigenvalue weighted by Gasteiger charge is 2.27. The third-order valence-electron chi connectivity index (χ3n) is 4.40. The van der Waals surface area contributed by atoms with Crippen molar-refractivity contribution in [2.45, 2.75) is 32.7 Å². The lowest BCUT2D eigenvalue weighted by molar-refractivity contribution is -0.138. The molecule has 0 bridgehead atoms. The molecule has 2 saturated heterocycles. The molecule has 22 heavy (non-hydrogen) atoms. The van der Waals surface area contributed by atoms with Gasteiger partial charge in [0.1, 0.15) is 10.0 Å². The minimum atomic E-state index is 0.172. The number of hydrogen-bond acceptors (Lipinski definition) is 6. The maximum Gasteiger partial charge on any atom is 0.225 e. The summed E-state index contributed by atoms with van der Waals surface area (Å²) in [5, 5.41) is 10.4. The van der Waals surface area contributed by atoms with Crippen molar-refractivity contribution in [2.24, 2.45) is 5.92 Å². The molecule has 2 aliphatic rings. The molecule has 0 aromatic carbocycles. The van der Waals surface area contributed by atoms with Gasteiger partial charge in [0.2, 0.25) is 5.91 Å². The lowest BCUT2D eigenvalue weighted by Gasteiger charge is -2.28. The van der Waals surface area contributed by atoms with Crippen LogP contribution in [0.4, 0.5) is 0 Å². The fourth-order valence-corrected chi connectivity index (χ4v) is 3.90. The van der Waals surface area contributed by atoms with E-state index in [4.69, 9.17) is 4.74 Å². The highest BCUT2D eigenvalue weighted by Crippen LogP contribution is 2.19. The standard InChI is InChI=1S/C15H24N4O2S/c1-12-16-17-14(22-12)11-18-5-2-6-19(8-7-18)15(20)13-3-9-21-10-4-13/h13H,2-11H2,1H3. The lowest BCUT2D eigenvalue weighted by Crippen LogP contribution is -2.40. The van der Waals surface area contributed by atoms with E-state index in [1.54, 1.807) is 11.3 Å². The molecule has 0 saturated carbocycles. The number of nitrogens with zero attached hydrogens (tertiary/aromatic N) is 4. The lowest BCUT2D eigenvalue weighted by atomic mass is 9.98. The first-order valence-electron chi connectivity index (χ1n) is 8.10. The predicted molar refractivity (Wildman–Crippen MR) is 84.7 cm³/mol. The van der Waals surface area contributed by atoms with Crippen molar-refractivity contribution in [1.29, 1.82) is 0 Å². The molecular weight excluding hydrogens is 300 g/mol. The molecule has 1 aromatic heterocycles. The average molecular weight is 324 g/mol. The van der Waals surface area contributed by atoms with Gasteiger partial charge in [-0.15, -0.1) is 21.5 Å². The van der Waals surface area contributed by atoms with Crippen molar-refractivity contribution in [3.05, 3.63) is 10.0 Å². The summed E-state index contributed by atoms with van der Waals surface area (Å²) in [5.41, 5.74) is 0. The summed E-state index contributed by atoms with van der Waals surface area (Å²) < 4.78 is 5.36. The van der Waals surface area contributed by atoms with Gasteiger partial charge in [-0.2, -0.15) is 0 Å². The van der Waals surface area contributed by atoms with Gasteiger partial charge in [-0.1, -0.05) is 0 Å². The predicted octanol–water partition coefficient (Wildman–Crippen LogP) is 1.31. The Morgan fingerprint density at radius 1 is 1.23 bits per heavy atom. The number of aromatic nitrogens is 2. The van der Waals surface area contributed by atoms with E-state index < -0.39 is 0 Å². The van der Waals surface area contributed by atoms with E-state index in [9.17, 15) is 4.79 Å². The second-order valence-electron chi connectivity index (χ2n) is 6.06. The van der Waals surface area contributed by atoms with Crippen LogP contribution in [0.5, 0.6) is 0 Å². The van der Waals surface area contributed by atoms with Crippen molar-refractivity contribution >= 4 is 17.2 Å². The number of amides is 1. The monoisotopic (exact) mass is 324 g/mol. The smallest absolute Gasteiger partial charge is 0.225 e. The molecule has 2 aliphatic heterocycles. The molecule has 1 aromatic rings. The normalized spacial score (nSPS) is 21.8. The Kier molecular flexibility index (Phi) is 5.38. The molecule has 0 unspecified atom stereocenters. The van der Waals surface area contributed by atoms with Gasteiger partial charge in [0.25, 0.3) is 0 Å². The van der Waals surface area contributed by atoms with Crippen molar-refractivity contribution in [3.63, 3.8) is 0 Å². The van der Waals surface area contributed by atoms with Gasteiger partial charge in [-0.25, -0.2) is 0 Å². The van der Waals surface area contributed by atoms with Crippen LogP contribution in [0.1, 0.15) is 29.3 Å². The summed E-state index contributed by atoms with van der Waals surface area (Å²) >= 11 is 1.66. The molecule has 0 N–H and O–H groups in total. The van der Waals surface area contributed by atoms with E-state index in [1.165, 1.54) is 0 Å². The van der Waals surface area contributed by atoms with Crippen LogP contribution in [0.2, 0.25) is 0 Å². The minimum absolute atomic E-state index is 0.172. The molecule has 3 rings (SSSR count). The molecule has 0 aliphatic carbocycles. The number of carbonyl (C=O) groups excluding carboxylic acids is 1. The Morgan fingerprint density at radius 2 is 2.05 bits per heavy atom. The Balaban J connectivity index is 1.51. The molecule has 122 valence electrons. The molecule has 0 atom stereocenters. The summed E-state index contributed by atoms with van der Waals surface area (Å²) in [6, 6.07) is 0. The first-order chi connectivity index (χ1) is 10.7. The van der Waals surface area contributed by atoms with Gasteiger partial charge in [0, 0.05) is 45.3 Å². The quantitative estimate of drug-likeness (QED) is 0.839. The van der Waals surface area contributed by atoms with Gasteiger partial charge < -0.3 is 9.64 Å². The van der Waals surface area contributed by atoms with E-state index in [0.717, 1.165) is 75.2 Å². The summed E-state index contributed by atoms with van der Waals surface area (Å²) in [7, 11) is 0. The Morgan fingerprint density at radius 3 is 2.77 bits per heavy atom. The molecule has 7 heteroatoms. The van der Waals surface area contributed by atoms with Crippen LogP contribution < -0.4 is 0 Å². The van der Waals surface area contributed by atoms with Gasteiger partial charge in [0.15, 0.2) is 0 Å². The topological polar surface area (TPSA) is 58.6 Å².